The zero-order valence-electron chi connectivity index (χ0n) is 11.7. The molecule has 1 N–H and O–H groups in total. The van der Waals surface area contributed by atoms with Gasteiger partial charge in [0.2, 0.25) is 0 Å². The average molecular weight is 259 g/mol. The molecule has 2 rings (SSSR count). The standard InChI is InChI=1S/C15H21N3O/c1-11(2)18-15(16-10-17-18)9-14(19)8-13-6-4-12(3)5-7-13/h4-7,10-11,14,19H,8-9H2,1-3H3. The van der Waals surface area contributed by atoms with Crippen LogP contribution < -0.4 is 0 Å². The topological polar surface area (TPSA) is 50.9 Å². The molecule has 1 aromatic carbocycles. The molecule has 1 aromatic heterocycles. The first-order valence-corrected chi connectivity index (χ1v) is 6.68. The van der Waals surface area contributed by atoms with Gasteiger partial charge in [-0.2, -0.15) is 5.10 Å². The first kappa shape index (κ1) is 13.7. The zero-order valence-corrected chi connectivity index (χ0v) is 11.7. The van der Waals surface area contributed by atoms with E-state index in [1.165, 1.54) is 5.56 Å². The van der Waals surface area contributed by atoms with Gasteiger partial charge >= 0.3 is 0 Å². The molecule has 2 aromatic rings. The quantitative estimate of drug-likeness (QED) is 0.896. The summed E-state index contributed by atoms with van der Waals surface area (Å²) in [5, 5.41) is 14.4. The van der Waals surface area contributed by atoms with Gasteiger partial charge in [0.1, 0.15) is 12.2 Å². The maximum Gasteiger partial charge on any atom is 0.138 e. The summed E-state index contributed by atoms with van der Waals surface area (Å²) in [6.07, 6.45) is 2.30. The van der Waals surface area contributed by atoms with Crippen LogP contribution >= 0.6 is 0 Å². The van der Waals surface area contributed by atoms with Gasteiger partial charge in [-0.15, -0.1) is 0 Å². The molecule has 102 valence electrons. The first-order chi connectivity index (χ1) is 9.06. The van der Waals surface area contributed by atoms with Crippen molar-refractivity contribution >= 4 is 0 Å². The Bertz CT molecular complexity index is 516. The molecule has 0 aliphatic carbocycles. The van der Waals surface area contributed by atoms with Crippen molar-refractivity contribution in [2.45, 2.75) is 45.8 Å². The Labute approximate surface area is 114 Å². The molecule has 0 radical (unpaired) electrons. The van der Waals surface area contributed by atoms with Crippen LogP contribution in [0.25, 0.3) is 0 Å². The van der Waals surface area contributed by atoms with Crippen molar-refractivity contribution in [3.8, 4) is 0 Å². The summed E-state index contributed by atoms with van der Waals surface area (Å²) in [5.74, 6) is 0.842. The second kappa shape index (κ2) is 5.97. The number of aromatic nitrogens is 3. The van der Waals surface area contributed by atoms with Gasteiger partial charge in [-0.05, 0) is 32.8 Å². The molecule has 0 aliphatic rings. The van der Waals surface area contributed by atoms with E-state index in [2.05, 4.69) is 55.1 Å². The smallest absolute Gasteiger partial charge is 0.138 e. The van der Waals surface area contributed by atoms with Gasteiger partial charge in [-0.25, -0.2) is 9.67 Å². The number of aliphatic hydroxyl groups excluding tert-OH is 1. The molecular weight excluding hydrogens is 238 g/mol. The van der Waals surface area contributed by atoms with E-state index in [-0.39, 0.29) is 6.04 Å². The van der Waals surface area contributed by atoms with Gasteiger partial charge < -0.3 is 5.11 Å². The molecule has 1 unspecified atom stereocenters. The van der Waals surface area contributed by atoms with Crippen LogP contribution in [-0.4, -0.2) is 26.0 Å². The van der Waals surface area contributed by atoms with Crippen molar-refractivity contribution in [1.29, 1.82) is 0 Å². The maximum absolute atomic E-state index is 10.2. The number of hydrogen-bond acceptors (Lipinski definition) is 3. The van der Waals surface area contributed by atoms with Crippen LogP contribution in [0.1, 0.15) is 36.8 Å². The predicted molar refractivity (Wildman–Crippen MR) is 75.0 cm³/mol. The predicted octanol–water partition coefficient (Wildman–Crippen LogP) is 2.31. The summed E-state index contributed by atoms with van der Waals surface area (Å²) in [6.45, 7) is 6.18. The lowest BCUT2D eigenvalue weighted by atomic mass is 10.0. The number of aliphatic hydroxyl groups is 1. The summed E-state index contributed by atoms with van der Waals surface area (Å²) in [5.41, 5.74) is 2.38. The van der Waals surface area contributed by atoms with Crippen LogP contribution in [0.15, 0.2) is 30.6 Å². The van der Waals surface area contributed by atoms with Crippen molar-refractivity contribution in [2.75, 3.05) is 0 Å². The van der Waals surface area contributed by atoms with Crippen LogP contribution in [-0.2, 0) is 12.8 Å². The van der Waals surface area contributed by atoms with E-state index in [4.69, 9.17) is 0 Å². The number of nitrogens with zero attached hydrogens (tertiary/aromatic N) is 3. The van der Waals surface area contributed by atoms with Gasteiger partial charge in [-0.3, -0.25) is 0 Å². The molecule has 4 heteroatoms. The molecule has 0 bridgehead atoms. The van der Waals surface area contributed by atoms with Crippen LogP contribution in [0.5, 0.6) is 0 Å². The van der Waals surface area contributed by atoms with Gasteiger partial charge in [0.25, 0.3) is 0 Å². The Morgan fingerprint density at radius 1 is 1.16 bits per heavy atom. The third-order valence-corrected chi connectivity index (χ3v) is 3.15. The molecular formula is C15H21N3O. The number of aryl methyl sites for hydroxylation is 1. The average Bonchev–Trinajstić information content (AvgIpc) is 2.80. The summed E-state index contributed by atoms with van der Waals surface area (Å²) < 4.78 is 1.86. The summed E-state index contributed by atoms with van der Waals surface area (Å²) in [6, 6.07) is 8.53. The summed E-state index contributed by atoms with van der Waals surface area (Å²) in [7, 11) is 0. The highest BCUT2D eigenvalue weighted by molar-refractivity contribution is 5.21. The van der Waals surface area contributed by atoms with Crippen LogP contribution in [0.4, 0.5) is 0 Å². The highest BCUT2D eigenvalue weighted by Crippen LogP contribution is 2.11. The van der Waals surface area contributed by atoms with Gasteiger partial charge in [0.05, 0.1) is 6.10 Å². The normalized spacial score (nSPS) is 12.9. The van der Waals surface area contributed by atoms with Crippen LogP contribution in [0.3, 0.4) is 0 Å². The molecule has 4 nitrogen and oxygen atoms in total. The summed E-state index contributed by atoms with van der Waals surface area (Å²) >= 11 is 0. The lowest BCUT2D eigenvalue weighted by Crippen LogP contribution is -2.18. The monoisotopic (exact) mass is 259 g/mol. The Hall–Kier alpha value is -1.68. The van der Waals surface area contributed by atoms with Gasteiger partial charge in [0, 0.05) is 12.5 Å². The molecule has 0 aliphatic heterocycles. The Morgan fingerprint density at radius 2 is 1.84 bits per heavy atom. The third-order valence-electron chi connectivity index (χ3n) is 3.15. The fourth-order valence-corrected chi connectivity index (χ4v) is 2.13. The van der Waals surface area contributed by atoms with E-state index in [0.717, 1.165) is 11.4 Å². The Kier molecular flexibility index (Phi) is 4.32. The molecule has 0 spiro atoms. The van der Waals surface area contributed by atoms with Crippen molar-refractivity contribution in [1.82, 2.24) is 14.8 Å². The molecule has 0 fully saturated rings. The maximum atomic E-state index is 10.2. The molecule has 0 saturated heterocycles. The molecule has 19 heavy (non-hydrogen) atoms. The number of benzene rings is 1. The van der Waals surface area contributed by atoms with E-state index < -0.39 is 6.10 Å². The SMILES string of the molecule is Cc1ccc(CC(O)Cc2ncnn2C(C)C)cc1. The van der Waals surface area contributed by atoms with E-state index in [1.54, 1.807) is 6.33 Å². The van der Waals surface area contributed by atoms with Gasteiger partial charge in [-0.1, -0.05) is 29.8 Å². The van der Waals surface area contributed by atoms with Gasteiger partial charge in [0.15, 0.2) is 0 Å². The minimum absolute atomic E-state index is 0.268. The minimum Gasteiger partial charge on any atom is -0.392 e. The van der Waals surface area contributed by atoms with E-state index in [1.807, 2.05) is 4.68 Å². The molecule has 0 amide bonds. The molecule has 1 atom stereocenters. The first-order valence-electron chi connectivity index (χ1n) is 6.68. The van der Waals surface area contributed by atoms with Crippen molar-refractivity contribution < 1.29 is 5.11 Å². The molecule has 0 saturated carbocycles. The number of hydrogen-bond donors (Lipinski definition) is 1. The van der Waals surface area contributed by atoms with Crippen molar-refractivity contribution in [3.63, 3.8) is 0 Å². The Balaban J connectivity index is 1.99. The minimum atomic E-state index is -0.426. The van der Waals surface area contributed by atoms with Crippen LogP contribution in [0, 0.1) is 6.92 Å². The fraction of sp³-hybridized carbons (Fsp3) is 0.467. The van der Waals surface area contributed by atoms with E-state index in [0.29, 0.717) is 12.8 Å². The van der Waals surface area contributed by atoms with E-state index >= 15 is 0 Å². The Morgan fingerprint density at radius 3 is 2.47 bits per heavy atom. The second-order valence-electron chi connectivity index (χ2n) is 5.26. The lowest BCUT2D eigenvalue weighted by molar-refractivity contribution is 0.170. The number of rotatable bonds is 5. The largest absolute Gasteiger partial charge is 0.392 e. The van der Waals surface area contributed by atoms with Crippen molar-refractivity contribution in [2.24, 2.45) is 0 Å². The van der Waals surface area contributed by atoms with Crippen LogP contribution in [0.2, 0.25) is 0 Å². The molecule has 1 heterocycles. The highest BCUT2D eigenvalue weighted by Gasteiger charge is 2.13. The van der Waals surface area contributed by atoms with Crippen molar-refractivity contribution in [3.05, 3.63) is 47.5 Å². The summed E-state index contributed by atoms with van der Waals surface area (Å²) in [4.78, 5) is 4.23. The lowest BCUT2D eigenvalue weighted by Gasteiger charge is -2.13. The fourth-order valence-electron chi connectivity index (χ4n) is 2.13. The van der Waals surface area contributed by atoms with E-state index in [9.17, 15) is 5.11 Å². The highest BCUT2D eigenvalue weighted by atomic mass is 16.3. The second-order valence-corrected chi connectivity index (χ2v) is 5.26. The zero-order chi connectivity index (χ0) is 13.8. The third kappa shape index (κ3) is 3.64.